The molecular formula is C6Br3NO4. The standard InChI is InChI=1S/C6Br3NO4/c7-1-2(8)6(12)4(10(13)14)3(9)5(1)11. The molecule has 0 amide bonds. The van der Waals surface area contributed by atoms with E-state index >= 15 is 0 Å². The molecule has 0 saturated carbocycles. The summed E-state index contributed by atoms with van der Waals surface area (Å²) in [6.07, 6.45) is 0. The zero-order chi connectivity index (χ0) is 11.0. The SMILES string of the molecule is O=C1C(Br)=C(Br)C(=O)C([N+](=O)[O-])=C1Br. The van der Waals surface area contributed by atoms with Crippen LogP contribution in [-0.2, 0) is 9.59 Å². The molecule has 0 aromatic heterocycles. The Morgan fingerprint density at radius 2 is 1.36 bits per heavy atom. The first-order valence-electron chi connectivity index (χ1n) is 3.06. The van der Waals surface area contributed by atoms with Gasteiger partial charge < -0.3 is 0 Å². The highest BCUT2D eigenvalue weighted by atomic mass is 79.9. The third-order valence-electron chi connectivity index (χ3n) is 1.40. The third kappa shape index (κ3) is 1.73. The molecule has 1 rings (SSSR count). The molecule has 0 saturated heterocycles. The lowest BCUT2D eigenvalue weighted by Gasteiger charge is -2.08. The summed E-state index contributed by atoms with van der Waals surface area (Å²) in [5, 5.41) is 10.5. The highest BCUT2D eigenvalue weighted by Gasteiger charge is 2.39. The second-order valence-electron chi connectivity index (χ2n) is 2.21. The normalized spacial score (nSPS) is 17.9. The van der Waals surface area contributed by atoms with Gasteiger partial charge in [-0.1, -0.05) is 0 Å². The van der Waals surface area contributed by atoms with Gasteiger partial charge in [0.05, 0.1) is 13.9 Å². The van der Waals surface area contributed by atoms with Crippen LogP contribution in [0.25, 0.3) is 0 Å². The summed E-state index contributed by atoms with van der Waals surface area (Å²) in [4.78, 5) is 32.2. The maximum atomic E-state index is 11.3. The third-order valence-corrected chi connectivity index (χ3v) is 4.18. The van der Waals surface area contributed by atoms with E-state index in [1.165, 1.54) is 0 Å². The summed E-state index contributed by atoms with van der Waals surface area (Å²) in [6, 6.07) is 0. The average molecular weight is 390 g/mol. The first-order valence-corrected chi connectivity index (χ1v) is 5.44. The lowest BCUT2D eigenvalue weighted by Crippen LogP contribution is -2.22. The quantitative estimate of drug-likeness (QED) is 0.390. The molecule has 74 valence electrons. The van der Waals surface area contributed by atoms with E-state index in [2.05, 4.69) is 47.8 Å². The molecule has 0 spiro atoms. The lowest BCUT2D eigenvalue weighted by atomic mass is 10.1. The first kappa shape index (κ1) is 11.7. The molecule has 14 heavy (non-hydrogen) atoms. The van der Waals surface area contributed by atoms with Crippen molar-refractivity contribution in [3.8, 4) is 0 Å². The van der Waals surface area contributed by atoms with Crippen LogP contribution in [0.5, 0.6) is 0 Å². The van der Waals surface area contributed by atoms with Gasteiger partial charge in [-0.25, -0.2) is 0 Å². The zero-order valence-corrected chi connectivity index (χ0v) is 11.0. The van der Waals surface area contributed by atoms with Crippen LogP contribution < -0.4 is 0 Å². The molecule has 0 unspecified atom stereocenters. The second-order valence-corrected chi connectivity index (χ2v) is 4.58. The van der Waals surface area contributed by atoms with Gasteiger partial charge in [0, 0.05) is 0 Å². The number of Topliss-reactive ketones (excluding diaryl/α,β-unsaturated/α-hetero) is 2. The molecule has 0 heterocycles. The monoisotopic (exact) mass is 387 g/mol. The average Bonchev–Trinajstić information content (AvgIpc) is 2.11. The van der Waals surface area contributed by atoms with Crippen LogP contribution in [0.1, 0.15) is 0 Å². The number of nitrogens with zero attached hydrogens (tertiary/aromatic N) is 1. The van der Waals surface area contributed by atoms with Crippen LogP contribution >= 0.6 is 47.8 Å². The van der Waals surface area contributed by atoms with E-state index in [1.807, 2.05) is 0 Å². The Labute approximate surface area is 103 Å². The summed E-state index contributed by atoms with van der Waals surface area (Å²) in [6.45, 7) is 0. The highest BCUT2D eigenvalue weighted by Crippen LogP contribution is 2.34. The van der Waals surface area contributed by atoms with Gasteiger partial charge in [-0.15, -0.1) is 0 Å². The van der Waals surface area contributed by atoms with Gasteiger partial charge in [0.25, 0.3) is 5.78 Å². The number of nitro groups is 1. The smallest absolute Gasteiger partial charge is 0.287 e. The van der Waals surface area contributed by atoms with Gasteiger partial charge in [-0.2, -0.15) is 0 Å². The highest BCUT2D eigenvalue weighted by molar-refractivity contribution is 9.15. The van der Waals surface area contributed by atoms with E-state index in [-0.39, 0.29) is 13.4 Å². The zero-order valence-electron chi connectivity index (χ0n) is 6.21. The maximum absolute atomic E-state index is 11.3. The Morgan fingerprint density at radius 1 is 0.929 bits per heavy atom. The second kappa shape index (κ2) is 4.03. The lowest BCUT2D eigenvalue weighted by molar-refractivity contribution is -0.418. The molecule has 0 atom stereocenters. The number of allylic oxidation sites excluding steroid dienone is 3. The van der Waals surface area contributed by atoms with Crippen molar-refractivity contribution >= 4 is 59.4 Å². The van der Waals surface area contributed by atoms with Crippen molar-refractivity contribution in [2.24, 2.45) is 0 Å². The largest absolute Gasteiger partial charge is 0.335 e. The molecule has 0 fully saturated rings. The van der Waals surface area contributed by atoms with E-state index in [4.69, 9.17) is 0 Å². The van der Waals surface area contributed by atoms with Crippen molar-refractivity contribution in [3.05, 3.63) is 29.3 Å². The number of rotatable bonds is 1. The Balaban J connectivity index is 3.41. The van der Waals surface area contributed by atoms with Crippen LogP contribution in [0.4, 0.5) is 0 Å². The topological polar surface area (TPSA) is 77.3 Å². The number of carbonyl (C=O) groups is 2. The van der Waals surface area contributed by atoms with E-state index in [1.54, 1.807) is 0 Å². The van der Waals surface area contributed by atoms with Crippen LogP contribution in [0.15, 0.2) is 19.1 Å². The number of hydrogen-bond donors (Lipinski definition) is 0. The molecule has 0 radical (unpaired) electrons. The molecular weight excluding hydrogens is 390 g/mol. The summed E-state index contributed by atoms with van der Waals surface area (Å²) in [5.41, 5.74) is -0.759. The molecule has 0 aromatic rings. The minimum absolute atomic E-state index is 0.0278. The van der Waals surface area contributed by atoms with Crippen molar-refractivity contribution < 1.29 is 14.5 Å². The fourth-order valence-electron chi connectivity index (χ4n) is 0.770. The molecule has 8 heteroatoms. The van der Waals surface area contributed by atoms with Gasteiger partial charge >= 0.3 is 5.70 Å². The van der Waals surface area contributed by atoms with Gasteiger partial charge in [0.2, 0.25) is 5.78 Å². The number of hydrogen-bond acceptors (Lipinski definition) is 4. The fourth-order valence-corrected chi connectivity index (χ4v) is 2.31. The van der Waals surface area contributed by atoms with Crippen molar-refractivity contribution in [1.29, 1.82) is 0 Å². The van der Waals surface area contributed by atoms with E-state index < -0.39 is 22.2 Å². The van der Waals surface area contributed by atoms with Crippen LogP contribution in [-0.4, -0.2) is 16.5 Å². The van der Waals surface area contributed by atoms with E-state index in [0.29, 0.717) is 0 Å². The molecule has 1 aliphatic rings. The molecule has 0 aliphatic heterocycles. The Bertz CT molecular complexity index is 423. The molecule has 1 aliphatic carbocycles. The van der Waals surface area contributed by atoms with Crippen LogP contribution in [0, 0.1) is 10.1 Å². The number of carbonyl (C=O) groups excluding carboxylic acids is 2. The van der Waals surface area contributed by atoms with Gasteiger partial charge in [0.15, 0.2) is 0 Å². The van der Waals surface area contributed by atoms with Gasteiger partial charge in [0.1, 0.15) is 4.48 Å². The van der Waals surface area contributed by atoms with Crippen molar-refractivity contribution in [2.45, 2.75) is 0 Å². The van der Waals surface area contributed by atoms with Crippen molar-refractivity contribution in [2.75, 3.05) is 0 Å². The minimum Gasteiger partial charge on any atom is -0.287 e. The number of ketones is 2. The summed E-state index contributed by atoms with van der Waals surface area (Å²) in [7, 11) is 0. The molecule has 5 nitrogen and oxygen atoms in total. The molecule has 0 N–H and O–H groups in total. The summed E-state index contributed by atoms with van der Waals surface area (Å²) < 4.78 is -0.514. The number of halogens is 3. The van der Waals surface area contributed by atoms with Crippen molar-refractivity contribution in [1.82, 2.24) is 0 Å². The predicted octanol–water partition coefficient (Wildman–Crippen LogP) is 2.02. The minimum atomic E-state index is -0.898. The first-order chi connectivity index (χ1) is 6.37. The van der Waals surface area contributed by atoms with E-state index in [0.717, 1.165) is 0 Å². The van der Waals surface area contributed by atoms with Crippen molar-refractivity contribution in [3.63, 3.8) is 0 Å². The van der Waals surface area contributed by atoms with Crippen LogP contribution in [0.3, 0.4) is 0 Å². The molecule has 0 bridgehead atoms. The van der Waals surface area contributed by atoms with Crippen LogP contribution in [0.2, 0.25) is 0 Å². The Kier molecular flexibility index (Phi) is 3.38. The predicted molar refractivity (Wildman–Crippen MR) is 57.8 cm³/mol. The van der Waals surface area contributed by atoms with Gasteiger partial charge in [-0.05, 0) is 47.8 Å². The summed E-state index contributed by atoms with van der Waals surface area (Å²) in [5.74, 6) is -1.48. The van der Waals surface area contributed by atoms with E-state index in [9.17, 15) is 19.7 Å². The van der Waals surface area contributed by atoms with Gasteiger partial charge in [-0.3, -0.25) is 19.7 Å². The summed E-state index contributed by atoms with van der Waals surface area (Å²) >= 11 is 8.36. The Morgan fingerprint density at radius 3 is 1.79 bits per heavy atom. The maximum Gasteiger partial charge on any atom is 0.335 e. The molecule has 0 aromatic carbocycles. The fraction of sp³-hybridized carbons (Fsp3) is 0. The Hall–Kier alpha value is -0.340.